The van der Waals surface area contributed by atoms with Crippen LogP contribution < -0.4 is 15.9 Å². The summed E-state index contributed by atoms with van der Waals surface area (Å²) < 4.78 is 0. The molecule has 0 saturated carbocycles. The molecule has 0 aliphatic carbocycles. The zero-order valence-corrected chi connectivity index (χ0v) is 36.4. The number of hydrogen-bond donors (Lipinski definition) is 2. The molecular weight excluding hydrogens is 735 g/mol. The van der Waals surface area contributed by atoms with Gasteiger partial charge >= 0.3 is 6.98 Å². The Kier molecular flexibility index (Phi) is 8.45. The summed E-state index contributed by atoms with van der Waals surface area (Å²) in [4.78, 5) is 0. The zero-order chi connectivity index (χ0) is 41.8. The van der Waals surface area contributed by atoms with Gasteiger partial charge < -0.3 is 10.5 Å². The summed E-state index contributed by atoms with van der Waals surface area (Å²) in [5.41, 5.74) is 21.3. The SMILES string of the molecule is Cc1ccc(C)c2cc(-c3cc4c(C)ccc(C)c4cc3-c3cc4c(C)ccc(C)c4cc3-c3cc4c(C)ccc(C)c4cc3B3Nc4cccc5cccc(c45)N3)ccc12. The van der Waals surface area contributed by atoms with Gasteiger partial charge in [0, 0.05) is 16.8 Å². The summed E-state index contributed by atoms with van der Waals surface area (Å²) in [5.74, 6) is 0. The molecule has 0 saturated heterocycles. The molecule has 294 valence electrons. The molecule has 61 heavy (non-hydrogen) atoms. The zero-order valence-electron chi connectivity index (χ0n) is 36.4. The van der Waals surface area contributed by atoms with Crippen LogP contribution in [0.4, 0.5) is 11.4 Å². The van der Waals surface area contributed by atoms with Crippen LogP contribution in [0.2, 0.25) is 0 Å². The summed E-state index contributed by atoms with van der Waals surface area (Å²) in [7, 11) is 0. The fourth-order valence-electron chi connectivity index (χ4n) is 10.3. The third-order valence-corrected chi connectivity index (χ3v) is 14.0. The van der Waals surface area contributed by atoms with E-state index < -0.39 is 0 Å². The third-order valence-electron chi connectivity index (χ3n) is 14.0. The highest BCUT2D eigenvalue weighted by atomic mass is 15.0. The Morgan fingerprint density at radius 1 is 0.311 bits per heavy atom. The maximum atomic E-state index is 3.99. The van der Waals surface area contributed by atoms with E-state index >= 15 is 0 Å². The first-order valence-corrected chi connectivity index (χ1v) is 21.7. The topological polar surface area (TPSA) is 24.1 Å². The normalized spacial score (nSPS) is 12.5. The van der Waals surface area contributed by atoms with Gasteiger partial charge in [-0.1, -0.05) is 91.0 Å². The van der Waals surface area contributed by atoms with Crippen LogP contribution in [0, 0.1) is 55.4 Å². The molecule has 10 aromatic carbocycles. The van der Waals surface area contributed by atoms with E-state index in [1.165, 1.54) is 137 Å². The van der Waals surface area contributed by atoms with Crippen molar-refractivity contribution in [2.24, 2.45) is 0 Å². The van der Waals surface area contributed by atoms with Gasteiger partial charge in [-0.25, -0.2) is 0 Å². The largest absolute Gasteiger partial charge is 0.406 e. The minimum Gasteiger partial charge on any atom is -0.405 e. The Hall–Kier alpha value is -6.84. The lowest BCUT2D eigenvalue weighted by molar-refractivity contribution is 1.45. The van der Waals surface area contributed by atoms with E-state index in [-0.39, 0.29) is 6.98 Å². The highest BCUT2D eigenvalue weighted by Gasteiger charge is 2.30. The Balaban J connectivity index is 1.27. The van der Waals surface area contributed by atoms with E-state index in [9.17, 15) is 0 Å². The van der Waals surface area contributed by atoms with Crippen LogP contribution in [0.1, 0.15) is 44.5 Å². The molecule has 0 fully saturated rings. The lowest BCUT2D eigenvalue weighted by Crippen LogP contribution is -2.48. The molecular formula is C58H49BN2. The van der Waals surface area contributed by atoms with Gasteiger partial charge in [0.25, 0.3) is 0 Å². The molecule has 1 aliphatic rings. The van der Waals surface area contributed by atoms with Crippen molar-refractivity contribution >= 4 is 77.7 Å². The molecule has 10 aromatic rings. The molecule has 0 atom stereocenters. The van der Waals surface area contributed by atoms with Crippen molar-refractivity contribution in [3.8, 4) is 33.4 Å². The van der Waals surface area contributed by atoms with Gasteiger partial charge in [-0.05, 0) is 236 Å². The molecule has 0 spiro atoms. The van der Waals surface area contributed by atoms with Crippen molar-refractivity contribution in [2.45, 2.75) is 55.4 Å². The van der Waals surface area contributed by atoms with Crippen LogP contribution >= 0.6 is 0 Å². The van der Waals surface area contributed by atoms with Crippen LogP contribution in [-0.4, -0.2) is 6.98 Å². The number of hydrogen-bond acceptors (Lipinski definition) is 2. The number of rotatable bonds is 4. The molecule has 11 rings (SSSR count). The van der Waals surface area contributed by atoms with Crippen molar-refractivity contribution in [3.05, 3.63) is 184 Å². The van der Waals surface area contributed by atoms with Gasteiger partial charge in [0.2, 0.25) is 0 Å². The lowest BCUT2D eigenvalue weighted by atomic mass is 9.62. The lowest BCUT2D eigenvalue weighted by Gasteiger charge is -2.29. The average Bonchev–Trinajstić information content (AvgIpc) is 3.28. The van der Waals surface area contributed by atoms with Crippen molar-refractivity contribution in [1.29, 1.82) is 0 Å². The fraction of sp³-hybridized carbons (Fsp3) is 0.138. The number of anilines is 2. The molecule has 1 heterocycles. The molecule has 0 unspecified atom stereocenters. The van der Waals surface area contributed by atoms with Gasteiger partial charge in [-0.15, -0.1) is 0 Å². The number of fused-ring (bicyclic) bond motifs is 4. The summed E-state index contributed by atoms with van der Waals surface area (Å²) >= 11 is 0. The number of nitrogens with one attached hydrogen (secondary N) is 2. The van der Waals surface area contributed by atoms with Gasteiger partial charge in [0.15, 0.2) is 0 Å². The van der Waals surface area contributed by atoms with Gasteiger partial charge in [0.1, 0.15) is 0 Å². The second-order valence-electron chi connectivity index (χ2n) is 17.9. The highest BCUT2D eigenvalue weighted by Crippen LogP contribution is 2.46. The van der Waals surface area contributed by atoms with E-state index in [0.717, 1.165) is 11.4 Å². The van der Waals surface area contributed by atoms with E-state index in [4.69, 9.17) is 0 Å². The molecule has 1 aliphatic heterocycles. The average molecular weight is 785 g/mol. The van der Waals surface area contributed by atoms with E-state index in [1.54, 1.807) is 0 Å². The Bertz CT molecular complexity index is 3480. The third kappa shape index (κ3) is 5.86. The number of benzene rings is 10. The second-order valence-corrected chi connectivity index (χ2v) is 17.9. The number of aryl methyl sites for hydroxylation is 8. The monoisotopic (exact) mass is 784 g/mol. The first-order chi connectivity index (χ1) is 29.5. The Morgan fingerprint density at radius 2 is 0.672 bits per heavy atom. The van der Waals surface area contributed by atoms with Crippen molar-refractivity contribution in [2.75, 3.05) is 10.5 Å². The predicted octanol–water partition coefficient (Wildman–Crippen LogP) is 15.2. The van der Waals surface area contributed by atoms with Crippen LogP contribution in [0.25, 0.3) is 87.2 Å². The van der Waals surface area contributed by atoms with Gasteiger partial charge in [-0.3, -0.25) is 0 Å². The van der Waals surface area contributed by atoms with Gasteiger partial charge in [0.05, 0.1) is 0 Å². The first kappa shape index (κ1) is 37.2. The Labute approximate surface area is 359 Å². The highest BCUT2D eigenvalue weighted by molar-refractivity contribution is 6.81. The smallest absolute Gasteiger partial charge is 0.405 e. The molecule has 0 bridgehead atoms. The quantitative estimate of drug-likeness (QED) is 0.174. The van der Waals surface area contributed by atoms with E-state index in [2.05, 4.69) is 205 Å². The van der Waals surface area contributed by atoms with Crippen molar-refractivity contribution in [1.82, 2.24) is 0 Å². The second kappa shape index (κ2) is 13.9. The molecule has 0 aromatic heterocycles. The van der Waals surface area contributed by atoms with Crippen LogP contribution in [0.15, 0.2) is 140 Å². The summed E-state index contributed by atoms with van der Waals surface area (Å²) in [6.45, 7) is 17.8. The van der Waals surface area contributed by atoms with Crippen molar-refractivity contribution < 1.29 is 0 Å². The van der Waals surface area contributed by atoms with Crippen LogP contribution in [0.3, 0.4) is 0 Å². The summed E-state index contributed by atoms with van der Waals surface area (Å²) in [6.07, 6.45) is 0. The minimum atomic E-state index is -0.172. The molecule has 0 amide bonds. The van der Waals surface area contributed by atoms with Crippen LogP contribution in [-0.2, 0) is 0 Å². The first-order valence-electron chi connectivity index (χ1n) is 21.7. The standard InChI is InChI=1S/C58H49BN2/c1-32-15-16-33(2)43-25-41(23-24-42(32)43)50-26-44-34(3)17-18-35(4)45(44)27-51(50)52-28-46-36(5)19-20-37(6)47(46)29-53(52)54-30-48-38(7)21-22-39(8)49(48)31-55(54)59-60-56-13-9-11-40-12-10-14-57(61-59)58(40)56/h9-31,60-61H,1-8H3. The van der Waals surface area contributed by atoms with E-state index in [0.29, 0.717) is 0 Å². The van der Waals surface area contributed by atoms with E-state index in [1.807, 2.05) is 0 Å². The Morgan fingerprint density at radius 3 is 1.15 bits per heavy atom. The molecule has 3 heteroatoms. The molecule has 2 N–H and O–H groups in total. The maximum absolute atomic E-state index is 3.99. The van der Waals surface area contributed by atoms with Gasteiger partial charge in [-0.2, -0.15) is 0 Å². The summed E-state index contributed by atoms with van der Waals surface area (Å²) in [5, 5.41) is 20.8. The minimum absolute atomic E-state index is 0.172. The fourth-order valence-corrected chi connectivity index (χ4v) is 10.3. The van der Waals surface area contributed by atoms with Crippen LogP contribution in [0.5, 0.6) is 0 Å². The van der Waals surface area contributed by atoms with Crippen molar-refractivity contribution in [3.63, 3.8) is 0 Å². The maximum Gasteiger partial charge on any atom is 0.406 e. The molecule has 2 nitrogen and oxygen atoms in total. The molecule has 0 radical (unpaired) electrons. The predicted molar refractivity (Wildman–Crippen MR) is 267 cm³/mol. The summed E-state index contributed by atoms with van der Waals surface area (Å²) in [6, 6.07) is 53.4.